The Balaban J connectivity index is 1.85. The molecule has 0 aliphatic heterocycles. The van der Waals surface area contributed by atoms with Crippen LogP contribution < -0.4 is 5.32 Å². The highest BCUT2D eigenvalue weighted by molar-refractivity contribution is 9.10. The number of hydrogen-bond acceptors (Lipinski definition) is 3. The lowest BCUT2D eigenvalue weighted by Crippen LogP contribution is -2.07. The molecule has 4 nitrogen and oxygen atoms in total. The van der Waals surface area contributed by atoms with Gasteiger partial charge in [0.2, 0.25) is 5.95 Å². The topological polar surface area (TPSA) is 42.2 Å². The molecular weight excluding hydrogens is 323 g/mol. The van der Waals surface area contributed by atoms with Gasteiger partial charge < -0.3 is 5.32 Å². The number of benzene rings is 1. The van der Waals surface area contributed by atoms with Crippen LogP contribution >= 0.6 is 15.9 Å². The molecule has 0 amide bonds. The highest BCUT2D eigenvalue weighted by Gasteiger charge is 2.10. The summed E-state index contributed by atoms with van der Waals surface area (Å²) in [4.78, 5) is 4.30. The van der Waals surface area contributed by atoms with Gasteiger partial charge in [-0.3, -0.25) is 0 Å². The summed E-state index contributed by atoms with van der Waals surface area (Å²) in [5.74, 6) is 0.136. The molecule has 1 unspecified atom stereocenters. The van der Waals surface area contributed by atoms with Gasteiger partial charge in [0.05, 0.1) is 12.2 Å². The number of aromatic nitrogens is 3. The van der Waals surface area contributed by atoms with Crippen molar-refractivity contribution in [1.82, 2.24) is 14.6 Å². The van der Waals surface area contributed by atoms with Crippen molar-refractivity contribution in [1.29, 1.82) is 0 Å². The number of fused-ring (bicyclic) bond motifs is 1. The number of nitrogens with one attached hydrogen (secondary N) is 1. The monoisotopic (exact) mass is 334 g/mol. The Morgan fingerprint density at radius 2 is 2.15 bits per heavy atom. The van der Waals surface area contributed by atoms with Crippen LogP contribution in [0.15, 0.2) is 47.1 Å². The predicted molar refractivity (Wildman–Crippen MR) is 79.1 cm³/mol. The van der Waals surface area contributed by atoms with Crippen LogP contribution in [0.4, 0.5) is 10.3 Å². The van der Waals surface area contributed by atoms with Crippen LogP contribution in [0, 0.1) is 5.82 Å². The minimum atomic E-state index is -0.339. The normalized spacial score (nSPS) is 12.6. The summed E-state index contributed by atoms with van der Waals surface area (Å²) in [5, 5.41) is 7.41. The van der Waals surface area contributed by atoms with Gasteiger partial charge in [-0.15, -0.1) is 5.10 Å². The summed E-state index contributed by atoms with van der Waals surface area (Å²) in [7, 11) is 0. The molecule has 1 N–H and O–H groups in total. The third-order valence-electron chi connectivity index (χ3n) is 2.99. The fourth-order valence-corrected chi connectivity index (χ4v) is 2.39. The Hall–Kier alpha value is -1.95. The molecule has 0 saturated carbocycles. The second kappa shape index (κ2) is 5.20. The van der Waals surface area contributed by atoms with Crippen molar-refractivity contribution in [3.05, 3.63) is 58.4 Å². The number of nitrogens with zero attached hydrogens (tertiary/aromatic N) is 3. The summed E-state index contributed by atoms with van der Waals surface area (Å²) >= 11 is 3.45. The van der Waals surface area contributed by atoms with Crippen LogP contribution in [0.2, 0.25) is 0 Å². The van der Waals surface area contributed by atoms with Crippen LogP contribution in [0.5, 0.6) is 0 Å². The molecule has 0 spiro atoms. The fourth-order valence-electron chi connectivity index (χ4n) is 1.97. The average Bonchev–Trinajstić information content (AvgIpc) is 2.80. The van der Waals surface area contributed by atoms with Gasteiger partial charge in [-0.1, -0.05) is 28.1 Å². The first-order valence-corrected chi connectivity index (χ1v) is 6.95. The Labute approximate surface area is 123 Å². The van der Waals surface area contributed by atoms with E-state index in [1.165, 1.54) is 16.8 Å². The second-order valence-corrected chi connectivity index (χ2v) is 5.42. The maximum atomic E-state index is 13.1. The molecule has 2 heterocycles. The molecule has 3 aromatic rings. The molecule has 0 saturated heterocycles. The summed E-state index contributed by atoms with van der Waals surface area (Å²) in [6.07, 6.45) is 1.30. The SMILES string of the molecule is CC(Nc1nc2ccc(F)cn2n1)c1cccc(Br)c1. The first-order valence-electron chi connectivity index (χ1n) is 6.16. The third-order valence-corrected chi connectivity index (χ3v) is 3.48. The van der Waals surface area contributed by atoms with E-state index in [1.54, 1.807) is 6.07 Å². The summed E-state index contributed by atoms with van der Waals surface area (Å²) in [6.45, 7) is 2.02. The van der Waals surface area contributed by atoms with E-state index in [1.807, 2.05) is 31.2 Å². The van der Waals surface area contributed by atoms with E-state index in [4.69, 9.17) is 0 Å². The minimum absolute atomic E-state index is 0.0507. The molecule has 0 aliphatic rings. The lowest BCUT2D eigenvalue weighted by Gasteiger charge is -2.12. The number of pyridine rings is 1. The van der Waals surface area contributed by atoms with Crippen LogP contribution in [-0.2, 0) is 0 Å². The molecular formula is C14H12BrFN4. The average molecular weight is 335 g/mol. The van der Waals surface area contributed by atoms with Crippen LogP contribution in [0.3, 0.4) is 0 Å². The Morgan fingerprint density at radius 3 is 2.95 bits per heavy atom. The Kier molecular flexibility index (Phi) is 3.40. The van der Waals surface area contributed by atoms with E-state index < -0.39 is 0 Å². The van der Waals surface area contributed by atoms with Gasteiger partial charge in [-0.2, -0.15) is 4.98 Å². The zero-order valence-electron chi connectivity index (χ0n) is 10.7. The first-order chi connectivity index (χ1) is 9.61. The smallest absolute Gasteiger partial charge is 0.243 e. The fraction of sp³-hybridized carbons (Fsp3) is 0.143. The maximum absolute atomic E-state index is 13.1. The van der Waals surface area contributed by atoms with Crippen molar-refractivity contribution in [2.24, 2.45) is 0 Å². The predicted octanol–water partition coefficient (Wildman–Crippen LogP) is 3.80. The molecule has 2 aromatic heterocycles. The summed E-state index contributed by atoms with van der Waals surface area (Å²) in [5.41, 5.74) is 1.72. The highest BCUT2D eigenvalue weighted by atomic mass is 79.9. The molecule has 0 radical (unpaired) electrons. The third kappa shape index (κ3) is 2.65. The van der Waals surface area contributed by atoms with E-state index in [0.717, 1.165) is 10.0 Å². The lowest BCUT2D eigenvalue weighted by atomic mass is 10.1. The number of anilines is 1. The van der Waals surface area contributed by atoms with Gasteiger partial charge in [0.15, 0.2) is 5.65 Å². The molecule has 0 bridgehead atoms. The van der Waals surface area contributed by atoms with Gasteiger partial charge in [-0.25, -0.2) is 8.91 Å². The molecule has 20 heavy (non-hydrogen) atoms. The molecule has 1 atom stereocenters. The van der Waals surface area contributed by atoms with Crippen molar-refractivity contribution in [2.75, 3.05) is 5.32 Å². The van der Waals surface area contributed by atoms with Crippen LogP contribution in [-0.4, -0.2) is 14.6 Å². The first kappa shape index (κ1) is 13.1. The Morgan fingerprint density at radius 1 is 1.30 bits per heavy atom. The lowest BCUT2D eigenvalue weighted by molar-refractivity contribution is 0.614. The number of hydrogen-bond donors (Lipinski definition) is 1. The maximum Gasteiger partial charge on any atom is 0.243 e. The van der Waals surface area contributed by atoms with E-state index in [2.05, 4.69) is 31.3 Å². The molecule has 3 rings (SSSR count). The van der Waals surface area contributed by atoms with Crippen molar-refractivity contribution in [3.63, 3.8) is 0 Å². The molecule has 0 fully saturated rings. The van der Waals surface area contributed by atoms with E-state index in [-0.39, 0.29) is 11.9 Å². The van der Waals surface area contributed by atoms with E-state index in [0.29, 0.717) is 11.6 Å². The van der Waals surface area contributed by atoms with Crippen LogP contribution in [0.1, 0.15) is 18.5 Å². The quantitative estimate of drug-likeness (QED) is 0.792. The largest absolute Gasteiger partial charge is 0.346 e. The second-order valence-electron chi connectivity index (χ2n) is 4.51. The molecule has 0 aliphatic carbocycles. The van der Waals surface area contributed by atoms with Crippen molar-refractivity contribution in [3.8, 4) is 0 Å². The van der Waals surface area contributed by atoms with Gasteiger partial charge in [0, 0.05) is 4.47 Å². The summed E-state index contributed by atoms with van der Waals surface area (Å²) in [6, 6.07) is 11.0. The highest BCUT2D eigenvalue weighted by Crippen LogP contribution is 2.21. The minimum Gasteiger partial charge on any atom is -0.346 e. The Bertz CT molecular complexity index is 756. The van der Waals surface area contributed by atoms with Crippen molar-refractivity contribution in [2.45, 2.75) is 13.0 Å². The molecule has 1 aromatic carbocycles. The van der Waals surface area contributed by atoms with Gasteiger partial charge in [-0.05, 0) is 36.8 Å². The summed E-state index contributed by atoms with van der Waals surface area (Å²) < 4.78 is 15.5. The van der Waals surface area contributed by atoms with Crippen molar-refractivity contribution >= 4 is 27.5 Å². The molecule has 6 heteroatoms. The van der Waals surface area contributed by atoms with Crippen molar-refractivity contribution < 1.29 is 4.39 Å². The zero-order chi connectivity index (χ0) is 14.1. The number of rotatable bonds is 3. The number of halogens is 2. The molecule has 102 valence electrons. The van der Waals surface area contributed by atoms with E-state index >= 15 is 0 Å². The van der Waals surface area contributed by atoms with Gasteiger partial charge in [0.1, 0.15) is 5.82 Å². The van der Waals surface area contributed by atoms with Crippen LogP contribution in [0.25, 0.3) is 5.65 Å². The zero-order valence-corrected chi connectivity index (χ0v) is 12.3. The standard InChI is InChI=1S/C14H12BrFN4/c1-9(10-3-2-4-11(15)7-10)17-14-18-13-6-5-12(16)8-20(13)19-14/h2-9H,1H3,(H,17,19). The van der Waals surface area contributed by atoms with Gasteiger partial charge >= 0.3 is 0 Å². The van der Waals surface area contributed by atoms with E-state index in [9.17, 15) is 4.39 Å². The van der Waals surface area contributed by atoms with Gasteiger partial charge in [0.25, 0.3) is 0 Å².